The fourth-order valence-corrected chi connectivity index (χ4v) is 17.1. The molecule has 9 aliphatic heterocycles. The highest BCUT2D eigenvalue weighted by atomic mass is 19.4. The largest absolute Gasteiger partial charge is 0.491 e. The summed E-state index contributed by atoms with van der Waals surface area (Å²) < 4.78 is 127. The Labute approximate surface area is 783 Å². The zero-order chi connectivity index (χ0) is 98.0. The molecule has 48 heteroatoms. The number of nitrogens with one attached hydrogen (secondary N) is 6. The van der Waals surface area contributed by atoms with Crippen LogP contribution in [0.3, 0.4) is 0 Å². The van der Waals surface area contributed by atoms with Crippen LogP contribution >= 0.6 is 0 Å². The van der Waals surface area contributed by atoms with Crippen LogP contribution in [-0.4, -0.2) is 277 Å². The lowest BCUT2D eigenvalue weighted by Crippen LogP contribution is -2.48. The number of pyridine rings is 8. The van der Waals surface area contributed by atoms with Crippen molar-refractivity contribution in [3.8, 4) is 17.1 Å². The number of alkyl halides is 9. The fraction of sp³-hybridized carbons (Fsp3) is 0.433. The van der Waals surface area contributed by atoms with Crippen LogP contribution in [0.5, 0.6) is 5.75 Å². The molecule has 8 atom stereocenters. The lowest BCUT2D eigenvalue weighted by atomic mass is 10.0. The topological polar surface area (TPSA) is 463 Å². The number of ether oxygens (including phenoxy) is 2. The van der Waals surface area contributed by atoms with Gasteiger partial charge in [-0.1, -0.05) is 26.8 Å². The van der Waals surface area contributed by atoms with Crippen molar-refractivity contribution < 1.29 is 103 Å². The summed E-state index contributed by atoms with van der Waals surface area (Å²) >= 11 is 0. The summed E-state index contributed by atoms with van der Waals surface area (Å²) in [4.78, 5) is 154. The van der Waals surface area contributed by atoms with Crippen LogP contribution in [-0.2, 0) is 4.74 Å². The van der Waals surface area contributed by atoms with E-state index in [9.17, 15) is 83.0 Å². The summed E-state index contributed by atoms with van der Waals surface area (Å²) in [6.45, 7) is 14.4. The minimum atomic E-state index is -4.48. The van der Waals surface area contributed by atoms with E-state index in [4.69, 9.17) is 19.7 Å². The van der Waals surface area contributed by atoms with Gasteiger partial charge in [-0.3, -0.25) is 60.0 Å². The van der Waals surface area contributed by atoms with Gasteiger partial charge in [0.15, 0.2) is 46.4 Å². The second kappa shape index (κ2) is 42.5. The number of hydrogen-bond acceptors (Lipinski definition) is 30. The SMILES string of the molecule is C=CCCC(=O)c1ccc2c(n1)N(C(=O)Nc1cc(OC[C@H](O)CO)ccn1)[C@H]1CCN2C1.C[C@@H](CC(=O)c1ccc2c(n1)N(C(=O)Nc1cc(-c3nn[nH]n3)ccn1)[C@H]1CCN2C1)C(F)(F)F.C[C@@H](CC(=O)c1ccc2c(n1)N(C(=O)Nc1cc(N3CCOCC3)ccn1)[C@H]1CCN2C1)C(F)(F)F.C[C@@H](CC(=O)c1ccc2c(n1)N(C(=O)Nc1cc(NCCO)ccn1)[C@H]1CCN2C1)C(F)(F)F. The number of fused-ring (bicyclic) bond motifs is 16. The number of aromatic nitrogens is 12. The van der Waals surface area contributed by atoms with E-state index in [1.807, 2.05) is 21.9 Å². The number of carbonyl (C=O) groups is 8. The fourth-order valence-electron chi connectivity index (χ4n) is 17.1. The molecule has 5 fully saturated rings. The number of amides is 8. The minimum Gasteiger partial charge on any atom is -0.491 e. The van der Waals surface area contributed by atoms with Crippen LogP contribution in [0, 0.1) is 17.8 Å². The molecule has 0 unspecified atom stereocenters. The van der Waals surface area contributed by atoms with E-state index in [1.54, 1.807) is 77.8 Å². The van der Waals surface area contributed by atoms with E-state index >= 15 is 0 Å². The Hall–Kier alpha value is -14.4. The van der Waals surface area contributed by atoms with Gasteiger partial charge in [-0.15, -0.1) is 16.8 Å². The minimum absolute atomic E-state index is 0.0543. The Morgan fingerprint density at radius 3 is 1.27 bits per heavy atom. The first kappa shape index (κ1) is 98.1. The first-order valence-electron chi connectivity index (χ1n) is 44.6. The lowest BCUT2D eigenvalue weighted by Gasteiger charge is -2.35. The number of urea groups is 4. The van der Waals surface area contributed by atoms with Crippen LogP contribution < -0.4 is 75.4 Å². The molecule has 8 bridgehead atoms. The maximum atomic E-state index is 13.4. The van der Waals surface area contributed by atoms with E-state index in [1.165, 1.54) is 57.6 Å². The highest BCUT2D eigenvalue weighted by molar-refractivity contribution is 6.09. The highest BCUT2D eigenvalue weighted by Gasteiger charge is 2.48. The Morgan fingerprint density at radius 1 is 0.493 bits per heavy atom. The van der Waals surface area contributed by atoms with E-state index in [0.717, 1.165) is 58.2 Å². The molecule has 9 N–H and O–H groups in total. The van der Waals surface area contributed by atoms with E-state index in [-0.39, 0.29) is 95.2 Å². The van der Waals surface area contributed by atoms with Gasteiger partial charge in [0, 0.05) is 158 Å². The first-order valence-corrected chi connectivity index (χ1v) is 44.6. The number of halogens is 9. The molecule has 8 amide bonds. The maximum absolute atomic E-state index is 13.4. The van der Waals surface area contributed by atoms with Gasteiger partial charge in [-0.25, -0.2) is 59.0 Å². The summed E-state index contributed by atoms with van der Waals surface area (Å²) in [5.74, 6) is -4.55. The van der Waals surface area contributed by atoms with Crippen molar-refractivity contribution >= 4 is 128 Å². The van der Waals surface area contributed by atoms with Gasteiger partial charge in [0.05, 0.1) is 91.1 Å². The van der Waals surface area contributed by atoms with Crippen molar-refractivity contribution in [1.82, 2.24) is 60.5 Å². The van der Waals surface area contributed by atoms with Crippen LogP contribution in [0.15, 0.2) is 135 Å². The normalized spacial score (nSPS) is 18.3. The molecular formula is C90H99F9N26O13. The molecule has 0 aliphatic carbocycles. The van der Waals surface area contributed by atoms with Gasteiger partial charge < -0.3 is 54.6 Å². The Morgan fingerprint density at radius 2 is 0.877 bits per heavy atom. The molecule has 9 aromatic heterocycles. The zero-order valence-electron chi connectivity index (χ0n) is 74.9. The third-order valence-corrected chi connectivity index (χ3v) is 24.6. The van der Waals surface area contributed by atoms with Crippen molar-refractivity contribution in [1.29, 1.82) is 0 Å². The predicted octanol–water partition coefficient (Wildman–Crippen LogP) is 12.0. The molecule has 138 heavy (non-hydrogen) atoms. The summed E-state index contributed by atoms with van der Waals surface area (Å²) in [7, 11) is 0. The van der Waals surface area contributed by atoms with Crippen molar-refractivity contribution in [3.05, 3.63) is 157 Å². The molecular weight excluding hydrogens is 1820 g/mol. The molecule has 5 saturated heterocycles. The molecule has 0 aromatic carbocycles. The molecule has 18 heterocycles. The maximum Gasteiger partial charge on any atom is 0.391 e. The predicted molar refractivity (Wildman–Crippen MR) is 489 cm³/mol. The van der Waals surface area contributed by atoms with Gasteiger partial charge in [-0.05, 0) is 116 Å². The summed E-state index contributed by atoms with van der Waals surface area (Å²) in [5.41, 5.74) is 4.97. The molecule has 0 radical (unpaired) electrons. The van der Waals surface area contributed by atoms with Crippen molar-refractivity contribution in [2.24, 2.45) is 17.8 Å². The van der Waals surface area contributed by atoms with Crippen molar-refractivity contribution in [2.75, 3.05) is 176 Å². The van der Waals surface area contributed by atoms with Gasteiger partial charge in [-0.2, -0.15) is 44.7 Å². The molecule has 9 aromatic rings. The number of ketones is 4. The van der Waals surface area contributed by atoms with Crippen molar-refractivity contribution in [2.45, 2.75) is 127 Å². The number of aliphatic hydroxyl groups excluding tert-OH is 3. The standard InChI is InChI=1S/C24H27F3N6O3.C23H27N5O5.C22H25F3N6O3.C21H20F3N9O2/c1-15(24(25,26)27)12-20(34)18-2-3-19-22(29-18)33(17-5-7-32(19)14-17)23(35)30-21-13-16(4-6-28-21)31-8-10-36-11-9-31;1-2-3-4-20(31)18-5-6-19-22(25-18)28(15-8-10-27(19)12-15)23(32)26-21-11-17(7-9-24-21)33-14-16(30)13-29;1-13(22(23,24)25)10-18(33)16-2-3-17-20(28-16)31(15-5-8-30(17)12-15)21(34)29-19-11-14(4-6-27-19)26-7-9-32;1-11(21(22,23)24)8-16(34)14-2-3-15-19(26-14)33(13-5-7-32(15)10-13)20(35)27-17-9-12(4-6-25-17)18-28-30-31-29-18/h2-4,6,13,15,17H,5,7-12,14H2,1H3,(H,28,30,35);2,5-7,9,11,15-16,29-30H,1,3-4,8,10,12-14H2,(H,24,26,32);2-4,6,11,13,15,32H,5,7-10,12H2,1H3,(H2,26,27,29,34);2-4,6,9,11,13H,5,7-8,10H2,1H3,(H,25,27,35)(H,28,29,30,31)/t15-,17-;15-,16+;13-,15-;11-,13-/m0000/s1. The third kappa shape index (κ3) is 22.9. The number of hydrogen-bond donors (Lipinski definition) is 9. The number of anilines is 14. The number of rotatable bonds is 26. The number of aromatic amines is 1. The van der Waals surface area contributed by atoms with Crippen molar-refractivity contribution in [3.63, 3.8) is 0 Å². The number of H-pyrrole nitrogens is 1. The van der Waals surface area contributed by atoms with Crippen LogP contribution in [0.1, 0.15) is 121 Å². The van der Waals surface area contributed by atoms with Crippen LogP contribution in [0.2, 0.25) is 0 Å². The smallest absolute Gasteiger partial charge is 0.391 e. The molecule has 39 nitrogen and oxygen atoms in total. The van der Waals surface area contributed by atoms with Gasteiger partial charge in [0.1, 0.15) is 64.5 Å². The number of tetrazole rings is 1. The average Bonchev–Trinajstić information content (AvgIpc) is 1.59. The Bertz CT molecular complexity index is 5970. The lowest BCUT2D eigenvalue weighted by molar-refractivity contribution is -0.169. The molecule has 730 valence electrons. The first-order chi connectivity index (χ1) is 66.1. The highest BCUT2D eigenvalue weighted by Crippen LogP contribution is 2.46. The van der Waals surface area contributed by atoms with Crippen LogP contribution in [0.25, 0.3) is 11.4 Å². The average molecular weight is 1920 g/mol. The number of carbonyl (C=O) groups excluding carboxylic acids is 8. The summed E-state index contributed by atoms with van der Waals surface area (Å²) in [6.07, 6.45) is -5.04. The molecule has 9 aliphatic rings. The number of aliphatic hydroxyl groups is 3. The monoisotopic (exact) mass is 1920 g/mol. The number of Topliss-reactive ketones (excluding diaryl/α,β-unsaturated/α-hetero) is 4. The molecule has 0 saturated carbocycles. The summed E-state index contributed by atoms with van der Waals surface area (Å²) in [5, 5.41) is 55.1. The second-order valence-corrected chi connectivity index (χ2v) is 34.1. The van der Waals surface area contributed by atoms with E-state index in [0.29, 0.717) is 155 Å². The Balaban J connectivity index is 0.000000140. The van der Waals surface area contributed by atoms with Gasteiger partial charge in [0.2, 0.25) is 5.82 Å². The van der Waals surface area contributed by atoms with Gasteiger partial charge >= 0.3 is 42.7 Å². The molecule has 0 spiro atoms. The zero-order valence-corrected chi connectivity index (χ0v) is 74.9. The number of morpholine rings is 1. The number of allylic oxidation sites excluding steroid dienone is 1. The van der Waals surface area contributed by atoms with E-state index in [2.05, 4.69) is 108 Å². The molecule has 18 rings (SSSR count). The summed E-state index contributed by atoms with van der Waals surface area (Å²) in [6, 6.07) is 23.6. The third-order valence-electron chi connectivity index (χ3n) is 24.6. The van der Waals surface area contributed by atoms with Gasteiger partial charge in [0.25, 0.3) is 0 Å². The Kier molecular flexibility index (Phi) is 30.2. The van der Waals surface area contributed by atoms with Crippen LogP contribution in [0.4, 0.5) is 139 Å². The second-order valence-electron chi connectivity index (χ2n) is 34.1. The van der Waals surface area contributed by atoms with E-state index < -0.39 is 110 Å². The quantitative estimate of drug-likeness (QED) is 0.0138. The number of nitrogens with zero attached hydrogens (tertiary/aromatic N) is 20.